The molecule has 0 fully saturated rings. The Morgan fingerprint density at radius 2 is 2.44 bits per heavy atom. The first-order chi connectivity index (χ1) is 8.72. The number of hydrogen-bond donors (Lipinski definition) is 1. The van der Waals surface area contributed by atoms with Gasteiger partial charge in [-0.1, -0.05) is 0 Å². The van der Waals surface area contributed by atoms with E-state index in [1.807, 2.05) is 5.38 Å². The average Bonchev–Trinajstić information content (AvgIpc) is 2.94. The summed E-state index contributed by atoms with van der Waals surface area (Å²) in [6.07, 6.45) is 1.41. The lowest BCUT2D eigenvalue weighted by atomic mass is 10.3. The van der Waals surface area contributed by atoms with Gasteiger partial charge in [0.15, 0.2) is 5.65 Å². The van der Waals surface area contributed by atoms with E-state index in [0.29, 0.717) is 15.9 Å². The monoisotopic (exact) mass is 263 g/mol. The van der Waals surface area contributed by atoms with Gasteiger partial charge in [-0.25, -0.2) is 9.31 Å². The summed E-state index contributed by atoms with van der Waals surface area (Å²) in [4.78, 5) is 26.9. The summed E-state index contributed by atoms with van der Waals surface area (Å²) >= 11 is 1.40. The van der Waals surface area contributed by atoms with Crippen molar-refractivity contribution in [3.05, 3.63) is 33.6 Å². The molecule has 92 valence electrons. The molecule has 0 saturated heterocycles. The molecular formula is C11H9N3O3S. The largest absolute Gasteiger partial charge is 0.462 e. The second kappa shape index (κ2) is 3.95. The quantitative estimate of drug-likeness (QED) is 0.709. The molecule has 3 heterocycles. The van der Waals surface area contributed by atoms with Crippen LogP contribution in [0.1, 0.15) is 17.3 Å². The third kappa shape index (κ3) is 1.44. The van der Waals surface area contributed by atoms with Crippen LogP contribution in [0.25, 0.3) is 15.9 Å². The molecule has 7 heteroatoms. The minimum absolute atomic E-state index is 0.232. The number of hydrogen-bond acceptors (Lipinski definition) is 5. The first-order valence-corrected chi connectivity index (χ1v) is 6.24. The summed E-state index contributed by atoms with van der Waals surface area (Å²) in [6.45, 7) is 2.01. The summed E-state index contributed by atoms with van der Waals surface area (Å²) in [5.74, 6) is -0.487. The van der Waals surface area contributed by atoms with Gasteiger partial charge in [-0.05, 0) is 18.4 Å². The van der Waals surface area contributed by atoms with E-state index in [4.69, 9.17) is 4.74 Å². The number of nitrogens with one attached hydrogen (secondary N) is 1. The fourth-order valence-corrected chi connectivity index (χ4v) is 2.65. The molecule has 0 radical (unpaired) electrons. The number of ether oxygens (including phenoxy) is 1. The Morgan fingerprint density at radius 3 is 3.22 bits per heavy atom. The summed E-state index contributed by atoms with van der Waals surface area (Å²) in [5, 5.41) is 6.49. The number of thiophene rings is 1. The molecule has 0 aliphatic heterocycles. The van der Waals surface area contributed by atoms with Crippen LogP contribution in [0.15, 0.2) is 22.4 Å². The fraction of sp³-hybridized carbons (Fsp3) is 0.182. The van der Waals surface area contributed by atoms with Crippen LogP contribution in [-0.4, -0.2) is 27.2 Å². The first kappa shape index (κ1) is 11.0. The number of rotatable bonds is 2. The number of carbonyl (C=O) groups excluding carboxylic acids is 1. The molecule has 0 atom stereocenters. The lowest BCUT2D eigenvalue weighted by Gasteiger charge is -1.99. The van der Waals surface area contributed by atoms with Gasteiger partial charge in [0, 0.05) is 0 Å². The van der Waals surface area contributed by atoms with Crippen LogP contribution in [0.3, 0.4) is 0 Å². The molecular weight excluding hydrogens is 254 g/mol. The van der Waals surface area contributed by atoms with Crippen molar-refractivity contribution in [3.8, 4) is 0 Å². The molecule has 0 bridgehead atoms. The lowest BCUT2D eigenvalue weighted by molar-refractivity contribution is 0.0528. The van der Waals surface area contributed by atoms with Crippen LogP contribution < -0.4 is 5.56 Å². The van der Waals surface area contributed by atoms with Crippen LogP contribution in [0.4, 0.5) is 0 Å². The van der Waals surface area contributed by atoms with Gasteiger partial charge in [-0.2, -0.15) is 5.10 Å². The number of H-pyrrole nitrogens is 1. The van der Waals surface area contributed by atoms with Gasteiger partial charge in [0.05, 0.1) is 18.2 Å². The molecule has 0 unspecified atom stereocenters. The highest BCUT2D eigenvalue weighted by atomic mass is 32.1. The molecule has 0 aliphatic carbocycles. The maximum Gasteiger partial charge on any atom is 0.343 e. The van der Waals surface area contributed by atoms with E-state index in [-0.39, 0.29) is 17.7 Å². The third-order valence-corrected chi connectivity index (χ3v) is 3.47. The Balaban J connectivity index is 2.34. The smallest absolute Gasteiger partial charge is 0.343 e. The van der Waals surface area contributed by atoms with E-state index in [0.717, 1.165) is 0 Å². The molecule has 0 spiro atoms. The number of nitrogens with zero attached hydrogens (tertiary/aromatic N) is 2. The van der Waals surface area contributed by atoms with Crippen LogP contribution in [0.2, 0.25) is 0 Å². The Bertz CT molecular complexity index is 799. The molecule has 0 amide bonds. The van der Waals surface area contributed by atoms with Crippen molar-refractivity contribution in [3.63, 3.8) is 0 Å². The molecule has 0 aliphatic rings. The SMILES string of the molecule is CCOC(=O)c1cnn2c1[nH]c(=O)c1ccsc12. The summed E-state index contributed by atoms with van der Waals surface area (Å²) in [5.41, 5.74) is 0.405. The molecule has 3 aromatic rings. The van der Waals surface area contributed by atoms with Gasteiger partial charge in [0.25, 0.3) is 5.56 Å². The van der Waals surface area contributed by atoms with E-state index >= 15 is 0 Å². The molecule has 0 aromatic carbocycles. The van der Waals surface area contributed by atoms with E-state index < -0.39 is 5.97 Å². The second-order valence-corrected chi connectivity index (χ2v) is 4.53. The van der Waals surface area contributed by atoms with Crippen LogP contribution in [-0.2, 0) is 4.74 Å². The molecule has 3 rings (SSSR count). The number of carbonyl (C=O) groups is 1. The average molecular weight is 263 g/mol. The highest BCUT2D eigenvalue weighted by Gasteiger charge is 2.17. The number of fused-ring (bicyclic) bond motifs is 3. The van der Waals surface area contributed by atoms with Crippen LogP contribution >= 0.6 is 11.3 Å². The maximum atomic E-state index is 11.8. The van der Waals surface area contributed by atoms with Gasteiger partial charge < -0.3 is 9.72 Å². The highest BCUT2D eigenvalue weighted by Crippen LogP contribution is 2.19. The third-order valence-electron chi connectivity index (χ3n) is 2.58. The van der Waals surface area contributed by atoms with E-state index in [9.17, 15) is 9.59 Å². The molecule has 0 saturated carbocycles. The maximum absolute atomic E-state index is 11.8. The van der Waals surface area contributed by atoms with E-state index in [1.165, 1.54) is 17.5 Å². The van der Waals surface area contributed by atoms with E-state index in [1.54, 1.807) is 17.5 Å². The van der Waals surface area contributed by atoms with Crippen molar-refractivity contribution in [1.82, 2.24) is 14.6 Å². The minimum atomic E-state index is -0.487. The summed E-state index contributed by atoms with van der Waals surface area (Å²) in [6, 6.07) is 1.73. The predicted octanol–water partition coefficient (Wildman–Crippen LogP) is 1.41. The van der Waals surface area contributed by atoms with Gasteiger partial charge in [-0.3, -0.25) is 4.79 Å². The molecule has 6 nitrogen and oxygen atoms in total. The lowest BCUT2D eigenvalue weighted by Crippen LogP contribution is -2.11. The van der Waals surface area contributed by atoms with Crippen molar-refractivity contribution in [2.24, 2.45) is 0 Å². The molecule has 3 aromatic heterocycles. The zero-order valence-electron chi connectivity index (χ0n) is 9.47. The Hall–Kier alpha value is -2.15. The van der Waals surface area contributed by atoms with Gasteiger partial charge in [0.1, 0.15) is 10.4 Å². The Labute approximate surface area is 105 Å². The molecule has 18 heavy (non-hydrogen) atoms. The normalized spacial score (nSPS) is 11.2. The standard InChI is InChI=1S/C11H9N3O3S/c1-2-17-11(16)7-5-12-14-8(7)13-9(15)6-3-4-18-10(6)14/h3-5H,2H2,1H3,(H,13,15). The summed E-state index contributed by atoms with van der Waals surface area (Å²) < 4.78 is 6.47. The van der Waals surface area contributed by atoms with Crippen LogP contribution in [0.5, 0.6) is 0 Å². The summed E-state index contributed by atoms with van der Waals surface area (Å²) in [7, 11) is 0. The first-order valence-electron chi connectivity index (χ1n) is 5.36. The Kier molecular flexibility index (Phi) is 2.41. The minimum Gasteiger partial charge on any atom is -0.462 e. The second-order valence-electron chi connectivity index (χ2n) is 3.63. The number of aromatic nitrogens is 3. The van der Waals surface area contributed by atoms with Crippen molar-refractivity contribution in [2.75, 3.05) is 6.61 Å². The number of aromatic amines is 1. The topological polar surface area (TPSA) is 76.5 Å². The van der Waals surface area contributed by atoms with Gasteiger partial charge in [0.2, 0.25) is 0 Å². The van der Waals surface area contributed by atoms with Crippen molar-refractivity contribution >= 4 is 33.2 Å². The van der Waals surface area contributed by atoms with Gasteiger partial charge >= 0.3 is 5.97 Å². The van der Waals surface area contributed by atoms with Crippen LogP contribution in [0, 0.1) is 0 Å². The fourth-order valence-electron chi connectivity index (χ4n) is 1.79. The van der Waals surface area contributed by atoms with Crippen molar-refractivity contribution in [1.29, 1.82) is 0 Å². The van der Waals surface area contributed by atoms with Crippen molar-refractivity contribution in [2.45, 2.75) is 6.92 Å². The number of esters is 1. The zero-order valence-corrected chi connectivity index (χ0v) is 10.3. The van der Waals surface area contributed by atoms with E-state index in [2.05, 4.69) is 10.1 Å². The highest BCUT2D eigenvalue weighted by molar-refractivity contribution is 7.16. The van der Waals surface area contributed by atoms with Gasteiger partial charge in [-0.15, -0.1) is 11.3 Å². The zero-order chi connectivity index (χ0) is 12.7. The predicted molar refractivity (Wildman–Crippen MR) is 67.2 cm³/mol. The Morgan fingerprint density at radius 1 is 1.61 bits per heavy atom. The molecule has 1 N–H and O–H groups in total. The van der Waals surface area contributed by atoms with Crippen molar-refractivity contribution < 1.29 is 9.53 Å².